The number of hydrogen-bond acceptors (Lipinski definition) is 4. The van der Waals surface area contributed by atoms with Crippen LogP contribution >= 0.6 is 0 Å². The molecule has 0 aliphatic carbocycles. The van der Waals surface area contributed by atoms with Gasteiger partial charge in [0, 0.05) is 44.2 Å². The summed E-state index contributed by atoms with van der Waals surface area (Å²) in [7, 11) is 0. The summed E-state index contributed by atoms with van der Waals surface area (Å²) in [5.41, 5.74) is 4.72. The van der Waals surface area contributed by atoms with Crippen LogP contribution in [-0.4, -0.2) is 73.0 Å². The molecular weight excluding hydrogens is 556 g/mol. The molecule has 45 heavy (non-hydrogen) atoms. The van der Waals surface area contributed by atoms with E-state index in [1.54, 1.807) is 6.08 Å². The van der Waals surface area contributed by atoms with Gasteiger partial charge in [0.15, 0.2) is 0 Å². The van der Waals surface area contributed by atoms with E-state index in [0.29, 0.717) is 25.6 Å². The van der Waals surface area contributed by atoms with E-state index in [9.17, 15) is 9.59 Å². The van der Waals surface area contributed by atoms with Gasteiger partial charge in [-0.25, -0.2) is 0 Å². The molecule has 0 spiro atoms. The van der Waals surface area contributed by atoms with E-state index >= 15 is 0 Å². The van der Waals surface area contributed by atoms with Crippen LogP contribution in [0.3, 0.4) is 0 Å². The number of carbonyl (C=O) groups excluding carboxylic acids is 2. The van der Waals surface area contributed by atoms with E-state index in [4.69, 9.17) is 0 Å². The Kier molecular flexibility index (Phi) is 12.0. The van der Waals surface area contributed by atoms with E-state index in [1.165, 1.54) is 36.0 Å². The van der Waals surface area contributed by atoms with Crippen molar-refractivity contribution in [3.05, 3.63) is 113 Å². The van der Waals surface area contributed by atoms with Crippen LogP contribution in [0.4, 0.5) is 0 Å². The Balaban J connectivity index is 1.26. The molecule has 238 valence electrons. The summed E-state index contributed by atoms with van der Waals surface area (Å²) in [5.74, 6) is 0.625. The summed E-state index contributed by atoms with van der Waals surface area (Å²) in [6.45, 7) is 9.26. The Bertz CT molecular complexity index is 1330. The third kappa shape index (κ3) is 9.62. The smallest absolute Gasteiger partial charge is 0.244 e. The van der Waals surface area contributed by atoms with Gasteiger partial charge in [-0.05, 0) is 73.0 Å². The number of nitrogens with one attached hydrogen (secondary N) is 2. The molecule has 0 aromatic heterocycles. The minimum atomic E-state index is -0.279. The predicted molar refractivity (Wildman–Crippen MR) is 184 cm³/mol. The van der Waals surface area contributed by atoms with Gasteiger partial charge in [-0.1, -0.05) is 105 Å². The molecule has 2 saturated heterocycles. The van der Waals surface area contributed by atoms with Crippen LogP contribution in [0.15, 0.2) is 91.0 Å². The number of nitrogens with zero attached hydrogens (tertiary/aromatic N) is 2. The van der Waals surface area contributed by atoms with Gasteiger partial charge in [0.1, 0.15) is 0 Å². The van der Waals surface area contributed by atoms with Crippen LogP contribution < -0.4 is 10.6 Å². The highest BCUT2D eigenvalue weighted by Gasteiger charge is 2.33. The van der Waals surface area contributed by atoms with Gasteiger partial charge in [-0.15, -0.1) is 0 Å². The topological polar surface area (TPSA) is 64.7 Å². The lowest BCUT2D eigenvalue weighted by Crippen LogP contribution is -2.50. The van der Waals surface area contributed by atoms with Crippen molar-refractivity contribution in [2.75, 3.05) is 39.3 Å². The zero-order valence-corrected chi connectivity index (χ0v) is 27.0. The second-order valence-electron chi connectivity index (χ2n) is 13.0. The van der Waals surface area contributed by atoms with Crippen LogP contribution in [0.1, 0.15) is 80.0 Å². The van der Waals surface area contributed by atoms with Gasteiger partial charge in [0.25, 0.3) is 0 Å². The van der Waals surface area contributed by atoms with Crippen molar-refractivity contribution < 1.29 is 9.59 Å². The van der Waals surface area contributed by atoms with Crippen molar-refractivity contribution in [2.24, 2.45) is 0 Å². The molecule has 2 aliphatic heterocycles. The van der Waals surface area contributed by atoms with Crippen molar-refractivity contribution in [1.82, 2.24) is 20.4 Å². The van der Waals surface area contributed by atoms with Gasteiger partial charge >= 0.3 is 0 Å². The summed E-state index contributed by atoms with van der Waals surface area (Å²) in [6, 6.07) is 29.1. The Hall–Kier alpha value is -3.74. The molecule has 5 rings (SSSR count). The van der Waals surface area contributed by atoms with Gasteiger partial charge in [0.05, 0.1) is 6.04 Å². The summed E-state index contributed by atoms with van der Waals surface area (Å²) in [5, 5.41) is 6.78. The fraction of sp³-hybridized carbons (Fsp3) is 0.436. The highest BCUT2D eigenvalue weighted by atomic mass is 16.2. The van der Waals surface area contributed by atoms with E-state index in [1.807, 2.05) is 18.2 Å². The summed E-state index contributed by atoms with van der Waals surface area (Å²) >= 11 is 0. The molecule has 6 heteroatoms. The van der Waals surface area contributed by atoms with E-state index in [-0.39, 0.29) is 29.8 Å². The number of piperidine rings is 1. The molecule has 2 N–H and O–H groups in total. The van der Waals surface area contributed by atoms with Crippen molar-refractivity contribution in [1.29, 1.82) is 0 Å². The lowest BCUT2D eigenvalue weighted by atomic mass is 9.90. The monoisotopic (exact) mass is 606 g/mol. The van der Waals surface area contributed by atoms with Crippen molar-refractivity contribution >= 4 is 17.9 Å². The number of likely N-dealkylation sites (tertiary alicyclic amines) is 1. The van der Waals surface area contributed by atoms with Gasteiger partial charge < -0.3 is 20.4 Å². The van der Waals surface area contributed by atoms with Crippen molar-refractivity contribution in [3.8, 4) is 0 Å². The fourth-order valence-electron chi connectivity index (χ4n) is 6.57. The highest BCUT2D eigenvalue weighted by molar-refractivity contribution is 5.91. The average Bonchev–Trinajstić information content (AvgIpc) is 3.23. The number of carbonyl (C=O) groups is 2. The van der Waals surface area contributed by atoms with Crippen LogP contribution in [0.25, 0.3) is 6.08 Å². The normalized spacial score (nSPS) is 19.7. The van der Waals surface area contributed by atoms with Crippen molar-refractivity contribution in [3.63, 3.8) is 0 Å². The van der Waals surface area contributed by atoms with Crippen molar-refractivity contribution in [2.45, 2.75) is 69.9 Å². The Labute approximate surface area is 269 Å². The van der Waals surface area contributed by atoms with Gasteiger partial charge in [0.2, 0.25) is 11.8 Å². The molecule has 0 unspecified atom stereocenters. The molecule has 0 saturated carbocycles. The minimum absolute atomic E-state index is 0.0138. The van der Waals surface area contributed by atoms with Crippen LogP contribution in [0, 0.1) is 0 Å². The first-order chi connectivity index (χ1) is 22.0. The molecule has 3 aromatic carbocycles. The quantitative estimate of drug-likeness (QED) is 0.241. The number of amides is 2. The number of hydrogen-bond donors (Lipinski definition) is 2. The summed E-state index contributed by atoms with van der Waals surface area (Å²) < 4.78 is 0. The maximum Gasteiger partial charge on any atom is 0.244 e. The SMILES string of the molecule is CC(C)c1ccc(/C=C/C(=O)NC[C@@H]2CCN(CC(c3ccccc3)c3ccccc3)C(=O)[C@H](CCN3CCCCC3)N2)cc1. The standard InChI is InChI=1S/C39H50N4O2/c1-30(2)32-19-16-31(17-20-32)18-21-38(44)40-28-35-22-27-43(39(45)37(41-35)23-26-42-24-10-5-11-25-42)29-36(33-12-6-3-7-13-33)34-14-8-4-9-15-34/h3-4,6-9,12-21,30,35-37,41H,5,10-11,22-29H2,1-2H3,(H,40,44)/b21-18+/t35-,37-/m0/s1. The maximum atomic E-state index is 14.2. The summed E-state index contributed by atoms with van der Waals surface area (Å²) in [4.78, 5) is 31.6. The first-order valence-corrected chi connectivity index (χ1v) is 16.9. The largest absolute Gasteiger partial charge is 0.351 e. The van der Waals surface area contributed by atoms with Crippen LogP contribution in [-0.2, 0) is 9.59 Å². The Morgan fingerprint density at radius 3 is 2.13 bits per heavy atom. The second kappa shape index (κ2) is 16.5. The molecule has 0 radical (unpaired) electrons. The van der Waals surface area contributed by atoms with E-state index in [0.717, 1.165) is 38.0 Å². The molecule has 3 aromatic rings. The van der Waals surface area contributed by atoms with Gasteiger partial charge in [-0.2, -0.15) is 0 Å². The molecule has 2 amide bonds. The Morgan fingerprint density at radius 2 is 1.51 bits per heavy atom. The summed E-state index contributed by atoms with van der Waals surface area (Å²) in [6.07, 6.45) is 8.79. The molecule has 2 heterocycles. The second-order valence-corrected chi connectivity index (χ2v) is 13.0. The number of benzene rings is 3. The minimum Gasteiger partial charge on any atom is -0.351 e. The van der Waals surface area contributed by atoms with E-state index < -0.39 is 0 Å². The first-order valence-electron chi connectivity index (χ1n) is 16.9. The average molecular weight is 607 g/mol. The zero-order chi connectivity index (χ0) is 31.4. The fourth-order valence-corrected chi connectivity index (χ4v) is 6.57. The third-order valence-electron chi connectivity index (χ3n) is 9.34. The lowest BCUT2D eigenvalue weighted by molar-refractivity contribution is -0.133. The lowest BCUT2D eigenvalue weighted by Gasteiger charge is -2.31. The molecule has 2 fully saturated rings. The first kappa shape index (κ1) is 32.6. The maximum absolute atomic E-state index is 14.2. The Morgan fingerprint density at radius 1 is 0.867 bits per heavy atom. The van der Waals surface area contributed by atoms with Gasteiger partial charge in [-0.3, -0.25) is 9.59 Å². The van der Waals surface area contributed by atoms with Crippen LogP contribution in [0.5, 0.6) is 0 Å². The zero-order valence-electron chi connectivity index (χ0n) is 27.0. The molecule has 2 atom stereocenters. The highest BCUT2D eigenvalue weighted by Crippen LogP contribution is 2.27. The van der Waals surface area contributed by atoms with Crippen LogP contribution in [0.2, 0.25) is 0 Å². The predicted octanol–water partition coefficient (Wildman–Crippen LogP) is 6.21. The molecular formula is C39H50N4O2. The van der Waals surface area contributed by atoms with E-state index in [2.05, 4.69) is 107 Å². The molecule has 2 aliphatic rings. The molecule has 0 bridgehead atoms. The molecule has 6 nitrogen and oxygen atoms in total. The third-order valence-corrected chi connectivity index (χ3v) is 9.34. The number of rotatable bonds is 12.